The molecule has 0 saturated carbocycles. The van der Waals surface area contributed by atoms with Crippen molar-refractivity contribution in [2.75, 3.05) is 11.4 Å². The van der Waals surface area contributed by atoms with E-state index in [4.69, 9.17) is 0 Å². The van der Waals surface area contributed by atoms with E-state index in [1.54, 1.807) is 13.0 Å². The van der Waals surface area contributed by atoms with Gasteiger partial charge in [0.25, 0.3) is 5.69 Å². The number of nitro groups is 1. The van der Waals surface area contributed by atoms with Crippen LogP contribution in [-0.2, 0) is 7.05 Å². The van der Waals surface area contributed by atoms with E-state index in [0.717, 1.165) is 25.1 Å². The summed E-state index contributed by atoms with van der Waals surface area (Å²) in [5.41, 5.74) is 3.13. The number of nitrogens with zero attached hydrogens (tertiary/aromatic N) is 4. The van der Waals surface area contributed by atoms with E-state index < -0.39 is 0 Å². The number of hydrogen-bond donors (Lipinski definition) is 0. The molecule has 21 heavy (non-hydrogen) atoms. The Morgan fingerprint density at radius 1 is 1.43 bits per heavy atom. The highest BCUT2D eigenvalue weighted by atomic mass is 16.6. The number of aromatic nitrogens is 2. The lowest BCUT2D eigenvalue weighted by Crippen LogP contribution is -2.22. The van der Waals surface area contributed by atoms with E-state index in [1.165, 1.54) is 5.56 Å². The van der Waals surface area contributed by atoms with E-state index in [-0.39, 0.29) is 10.6 Å². The van der Waals surface area contributed by atoms with E-state index in [1.807, 2.05) is 36.3 Å². The summed E-state index contributed by atoms with van der Waals surface area (Å²) in [6.07, 6.45) is 6.15. The van der Waals surface area contributed by atoms with Gasteiger partial charge >= 0.3 is 0 Å². The molecule has 6 heteroatoms. The zero-order valence-electron chi connectivity index (χ0n) is 12.2. The van der Waals surface area contributed by atoms with Gasteiger partial charge in [-0.15, -0.1) is 0 Å². The Bertz CT molecular complexity index is 680. The average Bonchev–Trinajstić information content (AvgIpc) is 3.06. The molecule has 1 aliphatic rings. The van der Waals surface area contributed by atoms with Gasteiger partial charge in [-0.1, -0.05) is 0 Å². The van der Waals surface area contributed by atoms with Gasteiger partial charge in [0.1, 0.15) is 0 Å². The zero-order chi connectivity index (χ0) is 15.0. The van der Waals surface area contributed by atoms with Gasteiger partial charge in [0.15, 0.2) is 0 Å². The molecule has 110 valence electrons. The van der Waals surface area contributed by atoms with Gasteiger partial charge in [0.05, 0.1) is 17.2 Å². The van der Waals surface area contributed by atoms with Crippen molar-refractivity contribution in [2.24, 2.45) is 7.05 Å². The summed E-state index contributed by atoms with van der Waals surface area (Å²) in [5.74, 6) is 0. The molecule has 0 radical (unpaired) electrons. The predicted molar refractivity (Wildman–Crippen MR) is 80.4 cm³/mol. The molecule has 1 fully saturated rings. The van der Waals surface area contributed by atoms with Crippen LogP contribution in [0, 0.1) is 17.0 Å². The molecule has 0 spiro atoms. The Morgan fingerprint density at radius 3 is 2.86 bits per heavy atom. The second-order valence-electron chi connectivity index (χ2n) is 5.53. The van der Waals surface area contributed by atoms with Gasteiger partial charge < -0.3 is 4.90 Å². The maximum absolute atomic E-state index is 10.9. The number of benzene rings is 1. The Labute approximate surface area is 123 Å². The monoisotopic (exact) mass is 286 g/mol. The van der Waals surface area contributed by atoms with E-state index in [9.17, 15) is 10.1 Å². The average molecular weight is 286 g/mol. The minimum absolute atomic E-state index is 0.177. The number of aryl methyl sites for hydroxylation is 2. The maximum Gasteiger partial charge on any atom is 0.272 e. The Balaban J connectivity index is 1.92. The third kappa shape index (κ3) is 2.49. The van der Waals surface area contributed by atoms with Crippen LogP contribution in [0.25, 0.3) is 0 Å². The predicted octanol–water partition coefficient (Wildman–Crippen LogP) is 2.98. The molecule has 1 unspecified atom stereocenters. The quantitative estimate of drug-likeness (QED) is 0.642. The first-order chi connectivity index (χ1) is 10.1. The van der Waals surface area contributed by atoms with Crippen molar-refractivity contribution >= 4 is 11.4 Å². The first-order valence-electron chi connectivity index (χ1n) is 7.06. The SMILES string of the molecule is Cc1cc(N2CCCC2c2cnn(C)c2)ccc1[N+](=O)[O-]. The molecule has 0 bridgehead atoms. The van der Waals surface area contributed by atoms with Gasteiger partial charge in [0, 0.05) is 42.7 Å². The Morgan fingerprint density at radius 2 is 2.24 bits per heavy atom. The van der Waals surface area contributed by atoms with Gasteiger partial charge in [0.2, 0.25) is 0 Å². The molecule has 6 nitrogen and oxygen atoms in total. The topological polar surface area (TPSA) is 64.2 Å². The second kappa shape index (κ2) is 5.20. The Kier molecular flexibility index (Phi) is 3.37. The highest BCUT2D eigenvalue weighted by molar-refractivity contribution is 5.57. The minimum atomic E-state index is -0.332. The van der Waals surface area contributed by atoms with Crippen LogP contribution < -0.4 is 4.90 Å². The molecule has 1 saturated heterocycles. The number of hydrogen-bond acceptors (Lipinski definition) is 4. The molecular formula is C15H18N4O2. The smallest absolute Gasteiger partial charge is 0.272 e. The van der Waals surface area contributed by atoms with Crippen molar-refractivity contribution in [1.29, 1.82) is 0 Å². The first kappa shape index (κ1) is 13.6. The lowest BCUT2D eigenvalue weighted by Gasteiger charge is -2.26. The zero-order valence-corrected chi connectivity index (χ0v) is 12.2. The molecule has 0 aliphatic carbocycles. The van der Waals surface area contributed by atoms with Gasteiger partial charge in [-0.05, 0) is 31.9 Å². The maximum atomic E-state index is 10.9. The van der Waals surface area contributed by atoms with Crippen LogP contribution in [0.5, 0.6) is 0 Å². The largest absolute Gasteiger partial charge is 0.364 e. The summed E-state index contributed by atoms with van der Waals surface area (Å²) in [7, 11) is 1.92. The molecule has 0 amide bonds. The van der Waals surface area contributed by atoms with Crippen molar-refractivity contribution in [3.8, 4) is 0 Å². The molecule has 0 N–H and O–H groups in total. The number of anilines is 1. The standard InChI is InChI=1S/C15H18N4O2/c1-11-8-13(5-6-14(11)19(20)21)18-7-3-4-15(18)12-9-16-17(2)10-12/h5-6,8-10,15H,3-4,7H2,1-2H3. The highest BCUT2D eigenvalue weighted by Gasteiger charge is 2.28. The normalized spacial score (nSPS) is 18.2. The summed E-state index contributed by atoms with van der Waals surface area (Å²) >= 11 is 0. The minimum Gasteiger partial charge on any atom is -0.364 e. The van der Waals surface area contributed by atoms with Crippen molar-refractivity contribution in [3.63, 3.8) is 0 Å². The fourth-order valence-corrected chi connectivity index (χ4v) is 3.06. The van der Waals surface area contributed by atoms with Crippen molar-refractivity contribution in [1.82, 2.24) is 9.78 Å². The third-order valence-electron chi connectivity index (χ3n) is 4.07. The van der Waals surface area contributed by atoms with E-state index in [2.05, 4.69) is 10.00 Å². The first-order valence-corrected chi connectivity index (χ1v) is 7.06. The fourth-order valence-electron chi connectivity index (χ4n) is 3.06. The second-order valence-corrected chi connectivity index (χ2v) is 5.53. The molecule has 1 atom stereocenters. The molecular weight excluding hydrogens is 268 g/mol. The number of rotatable bonds is 3. The van der Waals surface area contributed by atoms with Gasteiger partial charge in [-0.2, -0.15) is 5.10 Å². The van der Waals surface area contributed by atoms with Crippen LogP contribution in [0.3, 0.4) is 0 Å². The van der Waals surface area contributed by atoms with E-state index >= 15 is 0 Å². The van der Waals surface area contributed by atoms with Crippen LogP contribution in [0.1, 0.15) is 30.0 Å². The van der Waals surface area contributed by atoms with Crippen LogP contribution >= 0.6 is 0 Å². The van der Waals surface area contributed by atoms with E-state index in [0.29, 0.717) is 11.6 Å². The molecule has 2 aromatic rings. The Hall–Kier alpha value is -2.37. The fraction of sp³-hybridized carbons (Fsp3) is 0.400. The summed E-state index contributed by atoms with van der Waals surface area (Å²) in [6, 6.07) is 5.66. The summed E-state index contributed by atoms with van der Waals surface area (Å²) in [4.78, 5) is 12.9. The van der Waals surface area contributed by atoms with Crippen molar-refractivity contribution in [2.45, 2.75) is 25.8 Å². The molecule has 1 aromatic heterocycles. The lowest BCUT2D eigenvalue weighted by atomic mass is 10.1. The van der Waals surface area contributed by atoms with Gasteiger partial charge in [-0.3, -0.25) is 14.8 Å². The summed E-state index contributed by atoms with van der Waals surface area (Å²) in [6.45, 7) is 2.76. The molecule has 3 rings (SSSR count). The summed E-state index contributed by atoms with van der Waals surface area (Å²) in [5, 5.41) is 15.2. The third-order valence-corrected chi connectivity index (χ3v) is 4.07. The van der Waals surface area contributed by atoms with Crippen LogP contribution in [-0.4, -0.2) is 21.2 Å². The van der Waals surface area contributed by atoms with Crippen LogP contribution in [0.15, 0.2) is 30.6 Å². The van der Waals surface area contributed by atoms with Crippen LogP contribution in [0.2, 0.25) is 0 Å². The van der Waals surface area contributed by atoms with Crippen LogP contribution in [0.4, 0.5) is 11.4 Å². The summed E-state index contributed by atoms with van der Waals surface area (Å²) < 4.78 is 1.81. The molecule has 1 aliphatic heterocycles. The van der Waals surface area contributed by atoms with Gasteiger partial charge in [-0.25, -0.2) is 0 Å². The number of nitro benzene ring substituents is 1. The van der Waals surface area contributed by atoms with Crippen molar-refractivity contribution in [3.05, 3.63) is 51.8 Å². The molecule has 1 aromatic carbocycles. The lowest BCUT2D eigenvalue weighted by molar-refractivity contribution is -0.385. The van der Waals surface area contributed by atoms with Crippen molar-refractivity contribution < 1.29 is 4.92 Å². The molecule has 2 heterocycles. The highest BCUT2D eigenvalue weighted by Crippen LogP contribution is 2.37.